The highest BCUT2D eigenvalue weighted by Crippen LogP contribution is 2.26. The van der Waals surface area contributed by atoms with Crippen molar-refractivity contribution < 1.29 is 13.9 Å². The minimum atomic E-state index is -0.350. The normalized spacial score (nSPS) is 10.8. The molecule has 0 saturated heterocycles. The first kappa shape index (κ1) is 17.0. The Morgan fingerprint density at radius 1 is 1.24 bits per heavy atom. The van der Waals surface area contributed by atoms with Crippen LogP contribution in [0, 0.1) is 12.7 Å². The van der Waals surface area contributed by atoms with E-state index in [1.165, 1.54) is 6.07 Å². The Hall–Kier alpha value is -2.82. The minimum absolute atomic E-state index is 0.0490. The molecule has 1 amide bonds. The van der Waals surface area contributed by atoms with Gasteiger partial charge in [-0.1, -0.05) is 18.2 Å². The van der Waals surface area contributed by atoms with Gasteiger partial charge in [-0.2, -0.15) is 0 Å². The summed E-state index contributed by atoms with van der Waals surface area (Å²) in [6.45, 7) is 2.52. The van der Waals surface area contributed by atoms with Gasteiger partial charge in [-0.3, -0.25) is 4.79 Å². The summed E-state index contributed by atoms with van der Waals surface area (Å²) in [4.78, 5) is 15.4. The molecule has 1 aromatic heterocycles. The molecule has 0 aliphatic heterocycles. The van der Waals surface area contributed by atoms with E-state index in [-0.39, 0.29) is 18.1 Å². The number of rotatable bonds is 6. The Balaban J connectivity index is 1.64. The smallest absolute Gasteiger partial charge is 0.224 e. The molecule has 1 heterocycles. The number of methoxy groups -OCH3 is 1. The molecule has 0 unspecified atom stereocenters. The lowest BCUT2D eigenvalue weighted by Gasteiger charge is -2.07. The van der Waals surface area contributed by atoms with Crippen molar-refractivity contribution in [3.8, 4) is 5.75 Å². The summed E-state index contributed by atoms with van der Waals surface area (Å²) >= 11 is 0. The Labute approximate surface area is 146 Å². The van der Waals surface area contributed by atoms with Crippen molar-refractivity contribution in [3.05, 3.63) is 65.1 Å². The third kappa shape index (κ3) is 3.82. The SMILES string of the molecule is COc1ccc2[nH]c(C)c(CCNC(=O)Cc3ccccc3F)c2c1. The average molecular weight is 340 g/mol. The highest BCUT2D eigenvalue weighted by atomic mass is 19.1. The molecule has 130 valence electrons. The first-order valence-electron chi connectivity index (χ1n) is 8.24. The number of hydrogen-bond acceptors (Lipinski definition) is 2. The van der Waals surface area contributed by atoms with Gasteiger partial charge in [-0.25, -0.2) is 4.39 Å². The molecule has 3 aromatic rings. The molecule has 3 rings (SSSR count). The molecule has 4 nitrogen and oxygen atoms in total. The average Bonchev–Trinajstić information content (AvgIpc) is 2.92. The molecule has 0 saturated carbocycles. The van der Waals surface area contributed by atoms with Crippen LogP contribution in [0.4, 0.5) is 4.39 Å². The Bertz CT molecular complexity index is 902. The van der Waals surface area contributed by atoms with Crippen molar-refractivity contribution in [1.82, 2.24) is 10.3 Å². The molecule has 25 heavy (non-hydrogen) atoms. The Morgan fingerprint density at radius 2 is 2.04 bits per heavy atom. The van der Waals surface area contributed by atoms with Gasteiger partial charge in [0, 0.05) is 23.1 Å². The van der Waals surface area contributed by atoms with E-state index in [1.54, 1.807) is 25.3 Å². The van der Waals surface area contributed by atoms with E-state index in [9.17, 15) is 9.18 Å². The zero-order chi connectivity index (χ0) is 17.8. The van der Waals surface area contributed by atoms with Gasteiger partial charge < -0.3 is 15.0 Å². The molecule has 0 bridgehead atoms. The highest BCUT2D eigenvalue weighted by molar-refractivity contribution is 5.86. The Kier molecular flexibility index (Phi) is 5.03. The van der Waals surface area contributed by atoms with Gasteiger partial charge >= 0.3 is 0 Å². The molecule has 0 radical (unpaired) electrons. The molecule has 5 heteroatoms. The zero-order valence-corrected chi connectivity index (χ0v) is 14.4. The molecule has 0 spiro atoms. The van der Waals surface area contributed by atoms with Gasteiger partial charge in [0.05, 0.1) is 13.5 Å². The van der Waals surface area contributed by atoms with Crippen molar-refractivity contribution in [3.63, 3.8) is 0 Å². The quantitative estimate of drug-likeness (QED) is 0.721. The van der Waals surface area contributed by atoms with E-state index < -0.39 is 0 Å². The van der Waals surface area contributed by atoms with E-state index in [1.807, 2.05) is 25.1 Å². The zero-order valence-electron chi connectivity index (χ0n) is 14.4. The number of carbonyl (C=O) groups is 1. The molecule has 0 fully saturated rings. The predicted octanol–water partition coefficient (Wildman–Crippen LogP) is 3.53. The number of aromatic nitrogens is 1. The number of H-pyrrole nitrogens is 1. The van der Waals surface area contributed by atoms with Crippen molar-refractivity contribution in [2.24, 2.45) is 0 Å². The monoisotopic (exact) mass is 340 g/mol. The first-order valence-corrected chi connectivity index (χ1v) is 8.24. The number of nitrogens with one attached hydrogen (secondary N) is 2. The fraction of sp³-hybridized carbons (Fsp3) is 0.250. The summed E-state index contributed by atoms with van der Waals surface area (Å²) in [7, 11) is 1.64. The van der Waals surface area contributed by atoms with Crippen LogP contribution in [0.5, 0.6) is 5.75 Å². The number of ether oxygens (including phenoxy) is 1. The second-order valence-corrected chi connectivity index (χ2v) is 6.01. The lowest BCUT2D eigenvalue weighted by molar-refractivity contribution is -0.120. The van der Waals surface area contributed by atoms with Gasteiger partial charge in [0.15, 0.2) is 0 Å². The maximum atomic E-state index is 13.6. The maximum Gasteiger partial charge on any atom is 0.224 e. The number of amides is 1. The van der Waals surface area contributed by atoms with Gasteiger partial charge in [0.1, 0.15) is 11.6 Å². The summed E-state index contributed by atoms with van der Waals surface area (Å²) in [5.74, 6) is 0.272. The van der Waals surface area contributed by atoms with Crippen LogP contribution in [0.25, 0.3) is 10.9 Å². The predicted molar refractivity (Wildman–Crippen MR) is 96.4 cm³/mol. The first-order chi connectivity index (χ1) is 12.1. The maximum absolute atomic E-state index is 13.6. The summed E-state index contributed by atoms with van der Waals surface area (Å²) in [6.07, 6.45) is 0.745. The Morgan fingerprint density at radius 3 is 2.80 bits per heavy atom. The minimum Gasteiger partial charge on any atom is -0.497 e. The fourth-order valence-electron chi connectivity index (χ4n) is 3.01. The van der Waals surface area contributed by atoms with Gasteiger partial charge in [-0.15, -0.1) is 0 Å². The van der Waals surface area contributed by atoms with Crippen molar-refractivity contribution in [2.45, 2.75) is 19.8 Å². The number of benzene rings is 2. The topological polar surface area (TPSA) is 54.1 Å². The molecular formula is C20H21FN2O2. The van der Waals surface area contributed by atoms with E-state index in [0.29, 0.717) is 18.5 Å². The number of aryl methyl sites for hydroxylation is 1. The van der Waals surface area contributed by atoms with Crippen molar-refractivity contribution in [1.29, 1.82) is 0 Å². The number of carbonyl (C=O) groups excluding carboxylic acids is 1. The standard InChI is InChI=1S/C20H21FN2O2/c1-13-16(17-12-15(25-2)7-8-19(17)23-13)9-10-22-20(24)11-14-5-3-4-6-18(14)21/h3-8,12,23H,9-11H2,1-2H3,(H,22,24). The third-order valence-electron chi connectivity index (χ3n) is 4.33. The fourth-order valence-corrected chi connectivity index (χ4v) is 3.01. The van der Waals surface area contributed by atoms with Crippen LogP contribution in [0.15, 0.2) is 42.5 Å². The molecule has 0 atom stereocenters. The van der Waals surface area contributed by atoms with Gasteiger partial charge in [-0.05, 0) is 48.7 Å². The van der Waals surface area contributed by atoms with Crippen molar-refractivity contribution in [2.75, 3.05) is 13.7 Å². The number of hydrogen-bond donors (Lipinski definition) is 2. The molecule has 2 aromatic carbocycles. The van der Waals surface area contributed by atoms with E-state index >= 15 is 0 Å². The van der Waals surface area contributed by atoms with Gasteiger partial charge in [0.2, 0.25) is 5.91 Å². The summed E-state index contributed by atoms with van der Waals surface area (Å²) in [5, 5.41) is 3.96. The van der Waals surface area contributed by atoms with Crippen LogP contribution in [-0.4, -0.2) is 24.5 Å². The van der Waals surface area contributed by atoms with Crippen LogP contribution < -0.4 is 10.1 Å². The second-order valence-electron chi connectivity index (χ2n) is 6.01. The van der Waals surface area contributed by atoms with E-state index in [2.05, 4.69) is 10.3 Å². The highest BCUT2D eigenvalue weighted by Gasteiger charge is 2.11. The molecule has 2 N–H and O–H groups in total. The van der Waals surface area contributed by atoms with Crippen LogP contribution in [-0.2, 0) is 17.6 Å². The molecule has 0 aliphatic rings. The summed E-state index contributed by atoms with van der Waals surface area (Å²) < 4.78 is 18.9. The van der Waals surface area contributed by atoms with Crippen LogP contribution in [0.2, 0.25) is 0 Å². The number of halogens is 1. The van der Waals surface area contributed by atoms with Crippen LogP contribution in [0.1, 0.15) is 16.8 Å². The lowest BCUT2D eigenvalue weighted by Crippen LogP contribution is -2.27. The molecular weight excluding hydrogens is 319 g/mol. The second kappa shape index (κ2) is 7.38. The van der Waals surface area contributed by atoms with Crippen LogP contribution >= 0.6 is 0 Å². The largest absolute Gasteiger partial charge is 0.497 e. The third-order valence-corrected chi connectivity index (χ3v) is 4.33. The number of aromatic amines is 1. The lowest BCUT2D eigenvalue weighted by atomic mass is 10.1. The number of fused-ring (bicyclic) bond motifs is 1. The van der Waals surface area contributed by atoms with Crippen LogP contribution in [0.3, 0.4) is 0 Å². The van der Waals surface area contributed by atoms with Gasteiger partial charge in [0.25, 0.3) is 0 Å². The summed E-state index contributed by atoms with van der Waals surface area (Å²) in [5.41, 5.74) is 3.69. The van der Waals surface area contributed by atoms with Crippen molar-refractivity contribution >= 4 is 16.8 Å². The van der Waals surface area contributed by atoms with E-state index in [4.69, 9.17) is 4.74 Å². The molecule has 0 aliphatic carbocycles. The van der Waals surface area contributed by atoms with E-state index in [0.717, 1.165) is 27.9 Å². The summed E-state index contributed by atoms with van der Waals surface area (Å²) in [6, 6.07) is 12.2.